The summed E-state index contributed by atoms with van der Waals surface area (Å²) >= 11 is 0. The van der Waals surface area contributed by atoms with E-state index in [1.165, 1.54) is 27.2 Å². The van der Waals surface area contributed by atoms with Gasteiger partial charge in [-0.3, -0.25) is 9.59 Å². The van der Waals surface area contributed by atoms with Crippen LogP contribution >= 0.6 is 0 Å². The Balaban J connectivity index is 0.00000286. The standard InChI is InChI=1S/C86H71N5O4.CH4O.Zn/c1-48(2)52-16-24-58(25-17-52)77-73-40-42-75(87-73)79(60-28-20-54(21-29-60)50(5)6)83-69-46-71-72(86(93)91(85(71)92)62-14-12-11-13-15-62)47-70(69)84(90-83)80(61-30-22-55(23-31-61)51(7)8)76-43-41-74(88-76)78(59-26-18-53(19-27-59)49(3)4)82-68-45-66(57-34-38-64(95-10)39-35-57)65(44-67(68)81(77)89-82)56-32-36-63(94-9)37-33-56;1-2;/h11-51H,1-10H3;2H,1H3;. The third-order valence-electron chi connectivity index (χ3n) is 19.2. The number of hydrogen-bond acceptors (Lipinski definition) is 5. The van der Waals surface area contributed by atoms with Gasteiger partial charge in [0, 0.05) is 123 Å². The van der Waals surface area contributed by atoms with E-state index in [2.05, 4.69) is 213 Å². The van der Waals surface area contributed by atoms with Gasteiger partial charge in [-0.1, -0.05) is 97.9 Å². The first kappa shape index (κ1) is 66.1. The van der Waals surface area contributed by atoms with Crippen molar-refractivity contribution in [3.63, 3.8) is 0 Å². The van der Waals surface area contributed by atoms with Crippen molar-refractivity contribution < 1.29 is 43.6 Å². The number of benzene rings is 9. The van der Waals surface area contributed by atoms with Crippen LogP contribution in [0.15, 0.2) is 224 Å². The van der Waals surface area contributed by atoms with Crippen LogP contribution in [0.25, 0.3) is 43.8 Å². The predicted octanol–water partition coefficient (Wildman–Crippen LogP) is 18.5. The Morgan fingerprint density at radius 2 is 0.602 bits per heavy atom. The van der Waals surface area contributed by atoms with E-state index in [-0.39, 0.29) is 43.1 Å². The largest absolute Gasteiger partial charge is 0.628 e. The van der Waals surface area contributed by atoms with E-state index in [0.717, 1.165) is 109 Å². The molecule has 0 spiro atoms. The molecule has 8 bridgehead atoms. The Morgan fingerprint density at radius 1 is 0.337 bits per heavy atom. The van der Waals surface area contributed by atoms with Crippen molar-refractivity contribution >= 4 is 39.0 Å². The summed E-state index contributed by atoms with van der Waals surface area (Å²) in [5.74, 6) is 5.04. The summed E-state index contributed by atoms with van der Waals surface area (Å²) in [5.41, 5.74) is 19.1. The van der Waals surface area contributed by atoms with Gasteiger partial charge in [-0.05, 0) is 223 Å². The molecule has 13 aromatic rings. The summed E-state index contributed by atoms with van der Waals surface area (Å²) in [5, 5.41) is 10.3. The topological polar surface area (TPSA) is 132 Å². The molecule has 10 nitrogen and oxygen atoms in total. The van der Waals surface area contributed by atoms with E-state index in [9.17, 15) is 0 Å². The van der Waals surface area contributed by atoms with E-state index in [4.69, 9.17) is 34.5 Å². The van der Waals surface area contributed by atoms with Gasteiger partial charge in [0.2, 0.25) is 0 Å². The minimum absolute atomic E-state index is 0. The maximum Gasteiger partial charge on any atom is 0.266 e. The Bertz CT molecular complexity index is 4720. The molecule has 2 aliphatic heterocycles. The van der Waals surface area contributed by atoms with Gasteiger partial charge < -0.3 is 34.5 Å². The minimum Gasteiger partial charge on any atom is -0.628 e. The van der Waals surface area contributed by atoms with Crippen LogP contribution in [0.5, 0.6) is 11.5 Å². The number of para-hydroxylation sites is 1. The van der Waals surface area contributed by atoms with Crippen LogP contribution in [0.1, 0.15) is 190 Å². The van der Waals surface area contributed by atoms with Crippen molar-refractivity contribution in [2.75, 3.05) is 26.2 Å². The van der Waals surface area contributed by atoms with E-state index in [1.54, 1.807) is 26.4 Å². The monoisotopic (exact) mass is 1330 g/mol. The van der Waals surface area contributed by atoms with Gasteiger partial charge in [0.25, 0.3) is 11.8 Å². The number of imide groups is 1. The summed E-state index contributed by atoms with van der Waals surface area (Å²) in [6.45, 7) is 17.7. The summed E-state index contributed by atoms with van der Waals surface area (Å²) in [7, 11) is 4.39. The second-order valence-corrected chi connectivity index (χ2v) is 26.3. The number of hydrogen-bond donors (Lipinski definition) is 1. The third kappa shape index (κ3) is 11.8. The smallest absolute Gasteiger partial charge is 0.266 e. The molecule has 11 heteroatoms. The van der Waals surface area contributed by atoms with Crippen LogP contribution in [-0.4, -0.2) is 38.3 Å². The van der Waals surface area contributed by atoms with Crippen LogP contribution in [0.4, 0.5) is 5.69 Å². The first-order valence-corrected chi connectivity index (χ1v) is 33.3. The summed E-state index contributed by atoms with van der Waals surface area (Å²) in [6, 6.07) is 77.7. The fraction of sp³-hybridized carbons (Fsp3) is 0.172. The molecule has 0 atom stereocenters. The number of anilines is 1. The molecule has 0 saturated carbocycles. The molecular formula is C87H75N5O5Zn. The first-order chi connectivity index (χ1) is 47.1. The van der Waals surface area contributed by atoms with Gasteiger partial charge in [0.1, 0.15) is 11.5 Å². The van der Waals surface area contributed by atoms with Crippen molar-refractivity contribution in [1.29, 1.82) is 0 Å². The Labute approximate surface area is 587 Å². The Hall–Kier alpha value is -10.6. The van der Waals surface area contributed by atoms with Gasteiger partial charge in [-0.2, -0.15) is 0 Å². The fourth-order valence-corrected chi connectivity index (χ4v) is 13.8. The fourth-order valence-electron chi connectivity index (χ4n) is 13.8. The van der Waals surface area contributed by atoms with Crippen LogP contribution in [0, 0.1) is 23.7 Å². The summed E-state index contributed by atoms with van der Waals surface area (Å²) in [6.07, 6.45) is 0. The number of nitrogens with zero attached hydrogens (tertiary/aromatic N) is 5. The third-order valence-corrected chi connectivity index (χ3v) is 19.2. The number of aliphatic hydroxyl groups is 1. The Kier molecular flexibility index (Phi) is 18.3. The van der Waals surface area contributed by atoms with Gasteiger partial charge in [-0.25, -0.2) is 4.90 Å². The maximum absolute atomic E-state index is 15.0. The molecule has 9 aromatic carbocycles. The van der Waals surface area contributed by atoms with Crippen molar-refractivity contribution in [3.05, 3.63) is 349 Å². The molecule has 6 heterocycles. The van der Waals surface area contributed by atoms with E-state index >= 15 is 9.59 Å². The van der Waals surface area contributed by atoms with Crippen LogP contribution in [0.3, 0.4) is 0 Å². The number of carbonyl (C=O) groups is 2. The zero-order chi connectivity index (χ0) is 67.5. The molecule has 0 unspecified atom stereocenters. The maximum atomic E-state index is 15.0. The molecular weight excluding hydrogens is 1260 g/mol. The molecule has 480 valence electrons. The number of ether oxygens (including phenoxy) is 2. The molecule has 15 rings (SSSR count). The van der Waals surface area contributed by atoms with E-state index < -0.39 is 11.8 Å². The molecule has 2 amide bonds. The zero-order valence-electron chi connectivity index (χ0n) is 57.2. The van der Waals surface area contributed by atoms with Gasteiger partial charge in [0.05, 0.1) is 74.8 Å². The molecule has 0 radical (unpaired) electrons. The molecule has 2 aliphatic rings. The molecule has 0 fully saturated rings. The molecule has 0 saturated heterocycles. The van der Waals surface area contributed by atoms with E-state index in [1.807, 2.05) is 54.6 Å². The quantitative estimate of drug-likeness (QED) is 0.0681. The van der Waals surface area contributed by atoms with Gasteiger partial charge in [-0.15, -0.1) is 0 Å². The second kappa shape index (κ2) is 27.1. The predicted molar refractivity (Wildman–Crippen MR) is 388 cm³/mol. The number of rotatable bonds is 13. The summed E-state index contributed by atoms with van der Waals surface area (Å²) < 4.78 is 11.5. The number of methoxy groups -OCH3 is 2. The van der Waals surface area contributed by atoms with Gasteiger partial charge >= 0.3 is 0 Å². The minimum atomic E-state index is -0.398. The van der Waals surface area contributed by atoms with E-state index in [0.29, 0.717) is 61.8 Å². The molecule has 0 aliphatic carbocycles. The zero-order valence-corrected chi connectivity index (χ0v) is 60.2. The number of amides is 2. The number of fused-ring (bicyclic) bond motifs is 15. The van der Waals surface area contributed by atoms with Crippen molar-refractivity contribution in [3.8, 4) is 33.8 Å². The number of aliphatic hydroxyl groups excluding tert-OH is 1. The van der Waals surface area contributed by atoms with Crippen molar-refractivity contribution in [2.24, 2.45) is 0 Å². The molecule has 1 N–H and O–H groups in total. The number of aromatic nitrogens is 4. The second-order valence-electron chi connectivity index (χ2n) is 26.3. The number of carbonyl (C=O) groups excluding carboxylic acids is 2. The first-order valence-electron chi connectivity index (χ1n) is 33.3. The van der Waals surface area contributed by atoms with Crippen molar-refractivity contribution in [1.82, 2.24) is 19.9 Å². The normalized spacial score (nSPS) is 12.9. The summed E-state index contributed by atoms with van der Waals surface area (Å²) in [4.78, 5) is 55.0. The van der Waals surface area contributed by atoms with Crippen LogP contribution < -0.4 is 34.3 Å². The average Bonchev–Trinajstić information content (AvgIpc) is 1.57. The van der Waals surface area contributed by atoms with Crippen molar-refractivity contribution in [2.45, 2.75) is 79.1 Å². The SMILES string of the molecule is CO.COc1ccc(-c2cc3c4[n-]c(c3cc2-c2ccc(OC)cc2)[C+](c2ccc(C(C)C)cc2)c2ccc([n-]2)[C+](c2ccc(C(C)C)cc2)c2[n-]c(c3cc5c(cc23)C(=O)N(c2ccccc2)C5=O)[C+](c2ccc(C(C)C)cc2)c2ccc([n-]2)[C+]4c2ccc(C(C)C)cc2)cc1.[Zn]. The van der Waals surface area contributed by atoms with Crippen LogP contribution in [-0.2, 0) is 19.5 Å². The van der Waals surface area contributed by atoms with Crippen LogP contribution in [0.2, 0.25) is 0 Å². The van der Waals surface area contributed by atoms with Gasteiger partial charge in [0.15, 0.2) is 0 Å². The molecule has 4 aromatic heterocycles. The molecule has 98 heavy (non-hydrogen) atoms. The average molecular weight is 1340 g/mol. The Morgan fingerprint density at radius 3 is 0.857 bits per heavy atom.